The molecular weight excluding hydrogens is 312 g/mol. The lowest BCUT2D eigenvalue weighted by Gasteiger charge is -2.19. The van der Waals surface area contributed by atoms with Crippen LogP contribution in [-0.2, 0) is 16.6 Å². The fourth-order valence-electron chi connectivity index (χ4n) is 3.07. The molecule has 0 aliphatic carbocycles. The lowest BCUT2D eigenvalue weighted by molar-refractivity contribution is -0.117. The Morgan fingerprint density at radius 2 is 1.72 bits per heavy atom. The van der Waals surface area contributed by atoms with E-state index in [1.807, 2.05) is 48.5 Å². The summed E-state index contributed by atoms with van der Waals surface area (Å²) in [6.07, 6.45) is 0.865. The van der Waals surface area contributed by atoms with Gasteiger partial charge in [0, 0.05) is 17.8 Å². The van der Waals surface area contributed by atoms with Gasteiger partial charge in [-0.2, -0.15) is 0 Å². The molecule has 2 aromatic carbocycles. The predicted octanol–water partition coefficient (Wildman–Crippen LogP) is 3.30. The molecule has 0 atom stereocenters. The van der Waals surface area contributed by atoms with Crippen molar-refractivity contribution < 1.29 is 9.59 Å². The number of para-hydroxylation sites is 1. The molecule has 1 N–H and O–H groups in total. The van der Waals surface area contributed by atoms with Crippen molar-refractivity contribution in [3.63, 3.8) is 0 Å². The van der Waals surface area contributed by atoms with Gasteiger partial charge in [-0.3, -0.25) is 9.59 Å². The Labute approximate surface area is 148 Å². The van der Waals surface area contributed by atoms with Crippen LogP contribution in [0.1, 0.15) is 42.3 Å². The highest BCUT2D eigenvalue weighted by Gasteiger charge is 2.24. The zero-order valence-corrected chi connectivity index (χ0v) is 15.0. The van der Waals surface area contributed by atoms with E-state index in [1.165, 1.54) is 11.1 Å². The van der Waals surface area contributed by atoms with Crippen molar-refractivity contribution in [3.05, 3.63) is 65.2 Å². The quantitative estimate of drug-likeness (QED) is 0.935. The van der Waals surface area contributed by atoms with E-state index in [0.29, 0.717) is 12.1 Å². The topological polar surface area (TPSA) is 49.4 Å². The SMILES string of the molecule is CC(C)(C)c1ccc(C(=O)NCC(=O)N2CCc3ccccc32)cc1. The molecule has 0 bridgehead atoms. The molecule has 0 saturated heterocycles. The van der Waals surface area contributed by atoms with Gasteiger partial charge in [0.05, 0.1) is 6.54 Å². The van der Waals surface area contributed by atoms with Crippen molar-refractivity contribution in [1.29, 1.82) is 0 Å². The Kier molecular flexibility index (Phi) is 4.62. The fraction of sp³-hybridized carbons (Fsp3) is 0.333. The largest absolute Gasteiger partial charge is 0.343 e. The summed E-state index contributed by atoms with van der Waals surface area (Å²) < 4.78 is 0. The van der Waals surface area contributed by atoms with E-state index in [0.717, 1.165) is 12.1 Å². The van der Waals surface area contributed by atoms with E-state index in [1.54, 1.807) is 4.90 Å². The summed E-state index contributed by atoms with van der Waals surface area (Å²) in [5.74, 6) is -0.300. The van der Waals surface area contributed by atoms with E-state index in [9.17, 15) is 9.59 Å². The van der Waals surface area contributed by atoms with Gasteiger partial charge >= 0.3 is 0 Å². The minimum absolute atomic E-state index is 0.00812. The highest BCUT2D eigenvalue weighted by Crippen LogP contribution is 2.27. The lowest BCUT2D eigenvalue weighted by atomic mass is 9.87. The van der Waals surface area contributed by atoms with Crippen molar-refractivity contribution in [2.45, 2.75) is 32.6 Å². The molecule has 130 valence electrons. The van der Waals surface area contributed by atoms with Crippen LogP contribution in [0, 0.1) is 0 Å². The van der Waals surface area contributed by atoms with Gasteiger partial charge in [-0.15, -0.1) is 0 Å². The summed E-state index contributed by atoms with van der Waals surface area (Å²) in [6.45, 7) is 7.08. The number of hydrogen-bond donors (Lipinski definition) is 1. The maximum absolute atomic E-state index is 12.4. The highest BCUT2D eigenvalue weighted by molar-refractivity contribution is 6.01. The average Bonchev–Trinajstić information content (AvgIpc) is 3.03. The summed E-state index contributed by atoms with van der Waals surface area (Å²) in [5.41, 5.74) is 3.93. The molecule has 1 aliphatic rings. The summed E-state index contributed by atoms with van der Waals surface area (Å²) in [4.78, 5) is 26.5. The molecule has 0 radical (unpaired) electrons. The zero-order valence-electron chi connectivity index (χ0n) is 15.0. The van der Waals surface area contributed by atoms with Gasteiger partial charge in [0.15, 0.2) is 0 Å². The number of amides is 2. The second-order valence-corrected chi connectivity index (χ2v) is 7.43. The van der Waals surface area contributed by atoms with Gasteiger partial charge in [0.25, 0.3) is 5.91 Å². The maximum atomic E-state index is 12.4. The molecule has 1 aliphatic heterocycles. The van der Waals surface area contributed by atoms with Gasteiger partial charge in [-0.25, -0.2) is 0 Å². The Hall–Kier alpha value is -2.62. The molecule has 0 saturated carbocycles. The van der Waals surface area contributed by atoms with Gasteiger partial charge in [-0.1, -0.05) is 51.1 Å². The Balaban J connectivity index is 1.60. The Morgan fingerprint density at radius 3 is 2.40 bits per heavy atom. The molecule has 1 heterocycles. The molecule has 2 amide bonds. The number of benzene rings is 2. The van der Waals surface area contributed by atoms with E-state index < -0.39 is 0 Å². The number of hydrogen-bond acceptors (Lipinski definition) is 2. The first-order chi connectivity index (χ1) is 11.9. The van der Waals surface area contributed by atoms with Crippen LogP contribution < -0.4 is 10.2 Å². The van der Waals surface area contributed by atoms with E-state index in [-0.39, 0.29) is 23.8 Å². The predicted molar refractivity (Wildman–Crippen MR) is 100.0 cm³/mol. The second kappa shape index (κ2) is 6.71. The van der Waals surface area contributed by atoms with Crippen molar-refractivity contribution >= 4 is 17.5 Å². The van der Waals surface area contributed by atoms with Crippen LogP contribution in [0.2, 0.25) is 0 Å². The monoisotopic (exact) mass is 336 g/mol. The Morgan fingerprint density at radius 1 is 1.04 bits per heavy atom. The molecule has 25 heavy (non-hydrogen) atoms. The van der Waals surface area contributed by atoms with Crippen molar-refractivity contribution in [1.82, 2.24) is 5.32 Å². The van der Waals surface area contributed by atoms with Crippen LogP contribution in [0.4, 0.5) is 5.69 Å². The summed E-state index contributed by atoms with van der Waals surface area (Å²) in [6, 6.07) is 15.5. The van der Waals surface area contributed by atoms with E-state index >= 15 is 0 Å². The molecule has 3 rings (SSSR count). The van der Waals surface area contributed by atoms with E-state index in [2.05, 4.69) is 26.1 Å². The third-order valence-corrected chi connectivity index (χ3v) is 4.60. The molecule has 4 nitrogen and oxygen atoms in total. The zero-order chi connectivity index (χ0) is 18.0. The number of nitrogens with zero attached hydrogens (tertiary/aromatic N) is 1. The minimum atomic E-state index is -0.221. The molecule has 4 heteroatoms. The van der Waals surface area contributed by atoms with Gasteiger partial charge in [-0.05, 0) is 41.2 Å². The first-order valence-electron chi connectivity index (χ1n) is 8.63. The summed E-state index contributed by atoms with van der Waals surface area (Å²) in [7, 11) is 0. The number of anilines is 1. The number of rotatable bonds is 3. The smallest absolute Gasteiger partial charge is 0.251 e. The average molecular weight is 336 g/mol. The van der Waals surface area contributed by atoms with Crippen LogP contribution in [0.5, 0.6) is 0 Å². The van der Waals surface area contributed by atoms with Crippen LogP contribution >= 0.6 is 0 Å². The Bertz CT molecular complexity index is 788. The van der Waals surface area contributed by atoms with Crippen LogP contribution in [0.3, 0.4) is 0 Å². The summed E-state index contributed by atoms with van der Waals surface area (Å²) in [5, 5.41) is 2.73. The molecular formula is C21H24N2O2. The minimum Gasteiger partial charge on any atom is -0.343 e. The number of nitrogens with one attached hydrogen (secondary N) is 1. The van der Waals surface area contributed by atoms with Crippen LogP contribution in [0.25, 0.3) is 0 Å². The van der Waals surface area contributed by atoms with Crippen molar-refractivity contribution in [2.75, 3.05) is 18.0 Å². The molecule has 0 aromatic heterocycles. The lowest BCUT2D eigenvalue weighted by Crippen LogP contribution is -2.39. The first-order valence-corrected chi connectivity index (χ1v) is 8.63. The number of carbonyl (C=O) groups is 2. The molecule has 0 spiro atoms. The normalized spacial score (nSPS) is 13.5. The molecule has 2 aromatic rings. The van der Waals surface area contributed by atoms with Crippen LogP contribution in [0.15, 0.2) is 48.5 Å². The van der Waals surface area contributed by atoms with E-state index in [4.69, 9.17) is 0 Å². The van der Waals surface area contributed by atoms with Crippen LogP contribution in [-0.4, -0.2) is 24.9 Å². The fourth-order valence-corrected chi connectivity index (χ4v) is 3.07. The van der Waals surface area contributed by atoms with Crippen molar-refractivity contribution in [3.8, 4) is 0 Å². The molecule has 0 fully saturated rings. The van der Waals surface area contributed by atoms with Gasteiger partial charge < -0.3 is 10.2 Å². The number of carbonyl (C=O) groups excluding carboxylic acids is 2. The first kappa shape index (κ1) is 17.2. The summed E-state index contributed by atoms with van der Waals surface area (Å²) >= 11 is 0. The van der Waals surface area contributed by atoms with Gasteiger partial charge in [0.2, 0.25) is 5.91 Å². The molecule has 0 unspecified atom stereocenters. The highest BCUT2D eigenvalue weighted by atomic mass is 16.2. The van der Waals surface area contributed by atoms with Crippen molar-refractivity contribution in [2.24, 2.45) is 0 Å². The van der Waals surface area contributed by atoms with Gasteiger partial charge in [0.1, 0.15) is 0 Å². The third-order valence-electron chi connectivity index (χ3n) is 4.60. The maximum Gasteiger partial charge on any atom is 0.251 e. The number of fused-ring (bicyclic) bond motifs is 1. The standard InChI is InChI=1S/C21H24N2O2/c1-21(2,3)17-10-8-16(9-11-17)20(25)22-14-19(24)23-13-12-15-6-4-5-7-18(15)23/h4-11H,12-14H2,1-3H3,(H,22,25). The second-order valence-electron chi connectivity index (χ2n) is 7.43. The third kappa shape index (κ3) is 3.73.